The predicted molar refractivity (Wildman–Crippen MR) is 208 cm³/mol. The number of nitrogens with two attached hydrogens (primary N) is 1. The number of carbonyl (C=O) groups is 7. The predicted octanol–water partition coefficient (Wildman–Crippen LogP) is 5.21. The minimum atomic E-state index is -0.562. The molecule has 0 saturated heterocycles. The Morgan fingerprint density at radius 1 is 0.648 bits per heavy atom. The molecule has 7 N–H and O–H groups in total. The molecule has 2 aromatic rings. The van der Waals surface area contributed by atoms with Crippen molar-refractivity contribution >= 4 is 75.8 Å². The Morgan fingerprint density at radius 3 is 1.43 bits per heavy atom. The molecule has 0 heterocycles. The van der Waals surface area contributed by atoms with Gasteiger partial charge in [-0.1, -0.05) is 23.2 Å². The van der Waals surface area contributed by atoms with Crippen molar-refractivity contribution in [3.05, 3.63) is 80.1 Å². The molecule has 0 radical (unpaired) electrons. The van der Waals surface area contributed by atoms with Crippen LogP contribution in [-0.2, 0) is 28.7 Å². The number of benzene rings is 2. The van der Waals surface area contributed by atoms with Crippen molar-refractivity contribution in [1.82, 2.24) is 16.0 Å². The maximum Gasteiger partial charge on any atom is 0.310 e. The number of carbonyl (C=O) groups excluding carboxylic acids is 7. The van der Waals surface area contributed by atoms with Gasteiger partial charge in [-0.15, -0.1) is 0 Å². The van der Waals surface area contributed by atoms with Gasteiger partial charge in [-0.2, -0.15) is 0 Å². The molecule has 0 bridgehead atoms. The molecule has 14 nitrogen and oxygen atoms in total. The lowest BCUT2D eigenvalue weighted by Crippen LogP contribution is -2.33. The largest absolute Gasteiger partial charge is 0.394 e. The molecular formula is C38H48Cl2N6O8. The topological polar surface area (TPSA) is 215 Å². The smallest absolute Gasteiger partial charge is 0.310 e. The molecule has 0 saturated carbocycles. The highest BCUT2D eigenvalue weighted by Crippen LogP contribution is 2.30. The number of hydrogen-bond donors (Lipinski definition) is 6. The molecule has 2 aliphatic rings. The van der Waals surface area contributed by atoms with Crippen molar-refractivity contribution in [1.29, 1.82) is 0 Å². The quantitative estimate of drug-likeness (QED) is 0.0988. The van der Waals surface area contributed by atoms with Crippen molar-refractivity contribution in [2.24, 2.45) is 5.73 Å². The Kier molecular flexibility index (Phi) is 19.1. The van der Waals surface area contributed by atoms with E-state index in [-0.39, 0.29) is 29.3 Å². The van der Waals surface area contributed by atoms with Gasteiger partial charge in [-0.25, -0.2) is 0 Å². The molecule has 2 aromatic carbocycles. The maximum atomic E-state index is 12.2. The van der Waals surface area contributed by atoms with Crippen LogP contribution >= 0.6 is 23.2 Å². The Morgan fingerprint density at radius 2 is 1.06 bits per heavy atom. The number of Topliss-reactive ketones (excluding diaryl/α,β-unsaturated/α-hetero) is 2. The number of halogens is 2. The van der Waals surface area contributed by atoms with Crippen LogP contribution < -0.4 is 32.3 Å². The van der Waals surface area contributed by atoms with Gasteiger partial charge in [0, 0.05) is 93.5 Å². The van der Waals surface area contributed by atoms with Gasteiger partial charge in [-0.3, -0.25) is 33.6 Å². The van der Waals surface area contributed by atoms with E-state index in [0.717, 1.165) is 42.7 Å². The SMILES string of the molecule is CC(=O)NCCNC(=O)c1ccc(Cl)c(NC2=C(C)C(=O)CCC2)c1.CC(=O)OC(C)=O.CC1=C(Nc2cc(C(=O)NCCN)ccc2Cl)CCCC1=O. The van der Waals surface area contributed by atoms with Crippen molar-refractivity contribution in [2.75, 3.05) is 36.8 Å². The minimum absolute atomic E-state index is 0.136. The summed E-state index contributed by atoms with van der Waals surface area (Å²) in [5.74, 6) is -1.43. The Balaban J connectivity index is 0.000000320. The van der Waals surface area contributed by atoms with Crippen molar-refractivity contribution in [3.8, 4) is 0 Å². The van der Waals surface area contributed by atoms with Gasteiger partial charge in [0.05, 0.1) is 21.4 Å². The Hall–Kier alpha value is -5.05. The van der Waals surface area contributed by atoms with Gasteiger partial charge < -0.3 is 37.1 Å². The van der Waals surface area contributed by atoms with Crippen LogP contribution in [0.25, 0.3) is 0 Å². The lowest BCUT2D eigenvalue weighted by atomic mass is 9.96. The summed E-state index contributed by atoms with van der Waals surface area (Å²) in [5.41, 5.74) is 10.7. The van der Waals surface area contributed by atoms with Gasteiger partial charge in [-0.05, 0) is 75.9 Å². The van der Waals surface area contributed by atoms with E-state index in [9.17, 15) is 33.6 Å². The molecule has 0 aromatic heterocycles. The van der Waals surface area contributed by atoms with Crippen LogP contribution in [0.2, 0.25) is 10.0 Å². The average molecular weight is 788 g/mol. The Labute approximate surface area is 325 Å². The summed E-state index contributed by atoms with van der Waals surface area (Å²) in [4.78, 5) is 78.2. The first-order valence-electron chi connectivity index (χ1n) is 17.3. The summed E-state index contributed by atoms with van der Waals surface area (Å²) in [6.45, 7) is 8.92. The number of ether oxygens (including phenoxy) is 1. The molecule has 0 unspecified atom stereocenters. The third-order valence-corrected chi connectivity index (χ3v) is 8.59. The van der Waals surface area contributed by atoms with Gasteiger partial charge in [0.25, 0.3) is 11.8 Å². The molecule has 0 atom stereocenters. The van der Waals surface area contributed by atoms with E-state index in [1.54, 1.807) is 43.3 Å². The molecule has 54 heavy (non-hydrogen) atoms. The summed E-state index contributed by atoms with van der Waals surface area (Å²) in [7, 11) is 0. The molecule has 292 valence electrons. The molecule has 16 heteroatoms. The third kappa shape index (κ3) is 15.5. The second kappa shape index (κ2) is 22.9. The first kappa shape index (κ1) is 45.1. The summed E-state index contributed by atoms with van der Waals surface area (Å²) in [5, 5.41) is 15.4. The highest BCUT2D eigenvalue weighted by Gasteiger charge is 2.19. The van der Waals surface area contributed by atoms with E-state index in [0.29, 0.717) is 77.1 Å². The number of ketones is 2. The molecule has 0 aliphatic heterocycles. The second-order valence-electron chi connectivity index (χ2n) is 12.3. The lowest BCUT2D eigenvalue weighted by Gasteiger charge is -2.19. The zero-order chi connectivity index (χ0) is 40.4. The van der Waals surface area contributed by atoms with Crippen LogP contribution in [0.15, 0.2) is 58.9 Å². The fraction of sp³-hybridized carbons (Fsp3) is 0.395. The molecule has 0 spiro atoms. The number of esters is 2. The average Bonchev–Trinajstić information content (AvgIpc) is 3.11. The van der Waals surface area contributed by atoms with Gasteiger partial charge >= 0.3 is 11.9 Å². The minimum Gasteiger partial charge on any atom is -0.394 e. The highest BCUT2D eigenvalue weighted by molar-refractivity contribution is 6.34. The van der Waals surface area contributed by atoms with Crippen LogP contribution in [0.4, 0.5) is 11.4 Å². The first-order valence-corrected chi connectivity index (χ1v) is 18.1. The van der Waals surface area contributed by atoms with Crippen LogP contribution in [0, 0.1) is 0 Å². The zero-order valence-corrected chi connectivity index (χ0v) is 32.6. The highest BCUT2D eigenvalue weighted by atomic mass is 35.5. The maximum absolute atomic E-state index is 12.2. The number of anilines is 2. The fourth-order valence-electron chi connectivity index (χ4n) is 5.11. The van der Waals surface area contributed by atoms with E-state index >= 15 is 0 Å². The number of hydrogen-bond acceptors (Lipinski definition) is 11. The van der Waals surface area contributed by atoms with E-state index in [4.69, 9.17) is 28.9 Å². The lowest BCUT2D eigenvalue weighted by molar-refractivity contribution is -0.156. The summed E-state index contributed by atoms with van der Waals surface area (Å²) in [6, 6.07) is 9.96. The molecule has 0 fully saturated rings. The van der Waals surface area contributed by atoms with E-state index < -0.39 is 11.9 Å². The standard InChI is InChI=1S/C18H22ClN3O3.C16H20ClN3O2.C4H6O3/c1-11-15(4-3-5-17(11)24)22-16-10-13(6-7-14(16)19)18(25)21-9-8-20-12(2)23;1-10-13(3-2-4-15(10)21)20-14-9-11(5-6-12(14)17)16(22)19-8-7-18;1-3(5)7-4(2)6/h6-7,10,22H,3-5,8-9H2,1-2H3,(H,20,23)(H,21,25);5-6,9,20H,2-4,7-8,18H2,1H3,(H,19,22);1-2H3. The van der Waals surface area contributed by atoms with Crippen molar-refractivity contribution in [3.63, 3.8) is 0 Å². The van der Waals surface area contributed by atoms with Crippen molar-refractivity contribution < 1.29 is 38.3 Å². The number of allylic oxidation sites excluding steroid dienone is 4. The molecule has 4 rings (SSSR count). The monoisotopic (exact) mass is 786 g/mol. The molecule has 3 amide bonds. The van der Waals surface area contributed by atoms with Gasteiger partial charge in [0.1, 0.15) is 0 Å². The van der Waals surface area contributed by atoms with E-state index in [2.05, 4.69) is 31.3 Å². The number of amides is 3. The summed E-state index contributed by atoms with van der Waals surface area (Å²) < 4.78 is 3.97. The molecule has 2 aliphatic carbocycles. The number of rotatable bonds is 11. The van der Waals surface area contributed by atoms with E-state index in [1.807, 2.05) is 6.92 Å². The second-order valence-corrected chi connectivity index (χ2v) is 13.1. The van der Waals surface area contributed by atoms with Crippen molar-refractivity contribution in [2.45, 2.75) is 73.1 Å². The summed E-state index contributed by atoms with van der Waals surface area (Å²) >= 11 is 12.4. The Bertz CT molecular complexity index is 1800. The van der Waals surface area contributed by atoms with E-state index in [1.165, 1.54) is 20.8 Å². The van der Waals surface area contributed by atoms with Crippen LogP contribution in [-0.4, -0.2) is 67.4 Å². The fourth-order valence-corrected chi connectivity index (χ4v) is 5.44. The third-order valence-electron chi connectivity index (χ3n) is 7.93. The van der Waals surface area contributed by atoms with Crippen LogP contribution in [0.1, 0.15) is 93.9 Å². The summed E-state index contributed by atoms with van der Waals surface area (Å²) in [6.07, 6.45) is 4.37. The van der Waals surface area contributed by atoms with Gasteiger partial charge in [0.2, 0.25) is 5.91 Å². The van der Waals surface area contributed by atoms with Crippen LogP contribution in [0.3, 0.4) is 0 Å². The molecular weight excluding hydrogens is 739 g/mol. The first-order chi connectivity index (χ1) is 25.5. The van der Waals surface area contributed by atoms with Gasteiger partial charge in [0.15, 0.2) is 11.6 Å². The normalized spacial score (nSPS) is 13.7. The zero-order valence-electron chi connectivity index (χ0n) is 31.1. The number of nitrogens with one attached hydrogen (secondary N) is 5. The van der Waals surface area contributed by atoms with Crippen LogP contribution in [0.5, 0.6) is 0 Å².